The molecule has 1 aromatic heterocycles. The predicted octanol–water partition coefficient (Wildman–Crippen LogP) is 3.70. The van der Waals surface area contributed by atoms with Gasteiger partial charge in [0.15, 0.2) is 5.78 Å². The second-order valence-corrected chi connectivity index (χ2v) is 9.77. The Morgan fingerprint density at radius 2 is 1.96 bits per heavy atom. The van der Waals surface area contributed by atoms with Crippen molar-refractivity contribution in [3.8, 4) is 6.07 Å². The van der Waals surface area contributed by atoms with Crippen LogP contribution in [0, 0.1) is 25.2 Å². The Labute approximate surface area is 162 Å². The van der Waals surface area contributed by atoms with Gasteiger partial charge in [0, 0.05) is 6.42 Å². The number of aromatic nitrogens is 1. The van der Waals surface area contributed by atoms with Crippen molar-refractivity contribution in [1.82, 2.24) is 9.88 Å². The molecule has 7 heteroatoms. The van der Waals surface area contributed by atoms with Crippen LogP contribution in [0.2, 0.25) is 0 Å². The molecule has 6 nitrogen and oxygen atoms in total. The van der Waals surface area contributed by atoms with Crippen LogP contribution in [-0.2, 0) is 16.5 Å². The van der Waals surface area contributed by atoms with E-state index in [1.807, 2.05) is 33.8 Å². The van der Waals surface area contributed by atoms with Crippen molar-refractivity contribution in [3.63, 3.8) is 0 Å². The van der Waals surface area contributed by atoms with E-state index >= 15 is 0 Å². The highest BCUT2D eigenvalue weighted by atomic mass is 32.2. The number of carbonyl (C=O) groups is 1. The molecule has 0 saturated heterocycles. The molecule has 0 aliphatic carbocycles. The van der Waals surface area contributed by atoms with E-state index in [1.54, 1.807) is 32.0 Å². The monoisotopic (exact) mass is 387 g/mol. The van der Waals surface area contributed by atoms with Gasteiger partial charge in [-0.05, 0) is 59.2 Å². The van der Waals surface area contributed by atoms with E-state index in [2.05, 4.69) is 15.9 Å². The minimum atomic E-state index is -1.41. The van der Waals surface area contributed by atoms with Crippen LogP contribution in [-0.4, -0.2) is 19.9 Å². The number of aryl methyl sites for hydroxylation is 2. The molecule has 27 heavy (non-hydrogen) atoms. The van der Waals surface area contributed by atoms with Crippen LogP contribution in [0.1, 0.15) is 67.1 Å². The second kappa shape index (κ2) is 7.75. The molecule has 1 N–H and O–H groups in total. The molecule has 2 atom stereocenters. The van der Waals surface area contributed by atoms with Crippen LogP contribution >= 0.6 is 0 Å². The van der Waals surface area contributed by atoms with Crippen LogP contribution in [0.4, 0.5) is 0 Å². The average Bonchev–Trinajstić information content (AvgIpc) is 2.92. The third-order valence-corrected chi connectivity index (χ3v) is 6.08. The molecule has 2 aromatic rings. The molecule has 2 rings (SSSR count). The van der Waals surface area contributed by atoms with Gasteiger partial charge in [-0.15, -0.1) is 0 Å². The number of Topliss-reactive ketones (excluding diaryl/α,β-unsaturated/α-hetero) is 1. The largest absolute Gasteiger partial charge is 0.361 e. The maximum absolute atomic E-state index is 13.0. The highest BCUT2D eigenvalue weighted by molar-refractivity contribution is 7.84. The molecule has 144 valence electrons. The number of hydrogen-bond acceptors (Lipinski definition) is 5. The van der Waals surface area contributed by atoms with Gasteiger partial charge in [-0.1, -0.05) is 17.3 Å². The molecule has 0 amide bonds. The lowest BCUT2D eigenvalue weighted by molar-refractivity contribution is 0.0948. The van der Waals surface area contributed by atoms with Gasteiger partial charge < -0.3 is 4.52 Å². The van der Waals surface area contributed by atoms with Gasteiger partial charge in [0.2, 0.25) is 0 Å². The molecule has 1 aromatic carbocycles. The Bertz CT molecular complexity index is 902. The zero-order valence-electron chi connectivity index (χ0n) is 16.5. The van der Waals surface area contributed by atoms with Crippen LogP contribution < -0.4 is 4.72 Å². The lowest BCUT2D eigenvalue weighted by Crippen LogP contribution is -2.47. The first-order chi connectivity index (χ1) is 12.5. The van der Waals surface area contributed by atoms with E-state index in [1.165, 1.54) is 0 Å². The Hall–Kier alpha value is -2.30. The number of rotatable bonds is 6. The molecular formula is C20H25N3O3S. The number of hydrogen-bond donors (Lipinski definition) is 1. The predicted molar refractivity (Wildman–Crippen MR) is 104 cm³/mol. The van der Waals surface area contributed by atoms with Gasteiger partial charge in [-0.25, -0.2) is 8.93 Å². The molecule has 0 aliphatic rings. The molecule has 0 saturated carbocycles. The fourth-order valence-corrected chi connectivity index (χ4v) is 3.68. The molecule has 0 radical (unpaired) electrons. The maximum atomic E-state index is 13.0. The molecule has 0 spiro atoms. The van der Waals surface area contributed by atoms with Gasteiger partial charge in [0.1, 0.15) is 5.76 Å². The van der Waals surface area contributed by atoms with Gasteiger partial charge >= 0.3 is 0 Å². The summed E-state index contributed by atoms with van der Waals surface area (Å²) in [5.74, 6) is 0.303. The van der Waals surface area contributed by atoms with Crippen LogP contribution in [0.5, 0.6) is 0 Å². The summed E-state index contributed by atoms with van der Waals surface area (Å²) >= 11 is 0. The van der Waals surface area contributed by atoms with Gasteiger partial charge in [0.25, 0.3) is 0 Å². The van der Waals surface area contributed by atoms with Gasteiger partial charge in [0.05, 0.1) is 44.2 Å². The zero-order valence-corrected chi connectivity index (χ0v) is 17.4. The first kappa shape index (κ1) is 21.0. The molecular weight excluding hydrogens is 362 g/mol. The number of nitrogens with one attached hydrogen (secondary N) is 1. The smallest absolute Gasteiger partial charge is 0.170 e. The number of carbonyl (C=O) groups excluding carboxylic acids is 1. The van der Waals surface area contributed by atoms with Crippen LogP contribution in [0.15, 0.2) is 28.8 Å². The first-order valence-electron chi connectivity index (χ1n) is 8.64. The first-order valence-corrected chi connectivity index (χ1v) is 9.79. The number of benzene rings is 1. The van der Waals surface area contributed by atoms with Crippen molar-refractivity contribution in [1.29, 1.82) is 5.26 Å². The van der Waals surface area contributed by atoms with Crippen molar-refractivity contribution in [2.45, 2.75) is 58.2 Å². The summed E-state index contributed by atoms with van der Waals surface area (Å²) in [6.07, 6.45) is 0.0482. The van der Waals surface area contributed by atoms with Gasteiger partial charge in [-0.3, -0.25) is 4.79 Å². The minimum Gasteiger partial charge on any atom is -0.361 e. The standard InChI is InChI=1S/C20H25N3O3S/c1-13-18(14(2)26-22-13)17(24)11-20(6,23-27(25)19(3,4)5)16-9-7-8-15(10-16)12-21/h7-10,23H,11H2,1-6H3/t20-,27?/m0/s1. The number of nitriles is 1. The second-order valence-electron chi connectivity index (χ2n) is 7.81. The summed E-state index contributed by atoms with van der Waals surface area (Å²) in [5.41, 5.74) is 1.24. The Morgan fingerprint density at radius 3 is 2.48 bits per heavy atom. The normalized spacial score (nSPS) is 15.0. The molecule has 1 heterocycles. The summed E-state index contributed by atoms with van der Waals surface area (Å²) in [5, 5.41) is 13.1. The van der Waals surface area contributed by atoms with Crippen molar-refractivity contribution >= 4 is 16.8 Å². The SMILES string of the molecule is Cc1noc(C)c1C(=O)C[C@](C)(NS(=O)C(C)(C)C)c1cccc(C#N)c1. The summed E-state index contributed by atoms with van der Waals surface area (Å²) in [6, 6.07) is 9.11. The van der Waals surface area contributed by atoms with E-state index in [4.69, 9.17) is 4.52 Å². The fraction of sp³-hybridized carbons (Fsp3) is 0.450. The van der Waals surface area contributed by atoms with E-state index in [9.17, 15) is 14.3 Å². The number of ketones is 1. The minimum absolute atomic E-state index is 0.0482. The highest BCUT2D eigenvalue weighted by Crippen LogP contribution is 2.30. The fourth-order valence-electron chi connectivity index (χ4n) is 2.78. The molecule has 1 unspecified atom stereocenters. The summed E-state index contributed by atoms with van der Waals surface area (Å²) in [6.45, 7) is 10.8. The summed E-state index contributed by atoms with van der Waals surface area (Å²) in [7, 11) is -1.41. The van der Waals surface area contributed by atoms with E-state index in [-0.39, 0.29) is 12.2 Å². The van der Waals surface area contributed by atoms with Crippen LogP contribution in [0.25, 0.3) is 0 Å². The highest BCUT2D eigenvalue weighted by Gasteiger charge is 2.36. The zero-order chi connectivity index (χ0) is 20.4. The number of nitrogens with zero attached hydrogens (tertiary/aromatic N) is 2. The van der Waals surface area contributed by atoms with E-state index in [0.29, 0.717) is 22.6 Å². The van der Waals surface area contributed by atoms with E-state index in [0.717, 1.165) is 5.56 Å². The quantitative estimate of drug-likeness (QED) is 0.762. The Morgan fingerprint density at radius 1 is 1.30 bits per heavy atom. The maximum Gasteiger partial charge on any atom is 0.170 e. The average molecular weight is 388 g/mol. The third kappa shape index (κ3) is 4.71. The van der Waals surface area contributed by atoms with Crippen molar-refractivity contribution < 1.29 is 13.5 Å². The van der Waals surface area contributed by atoms with Crippen LogP contribution in [0.3, 0.4) is 0 Å². The Balaban J connectivity index is 2.47. The summed E-state index contributed by atoms with van der Waals surface area (Å²) < 4.78 is 20.5. The molecule has 0 aliphatic heterocycles. The topological polar surface area (TPSA) is 96.0 Å². The molecule has 0 bridgehead atoms. The van der Waals surface area contributed by atoms with E-state index < -0.39 is 21.3 Å². The van der Waals surface area contributed by atoms with Crippen molar-refractivity contribution in [2.24, 2.45) is 0 Å². The third-order valence-electron chi connectivity index (χ3n) is 4.33. The van der Waals surface area contributed by atoms with Gasteiger partial charge in [-0.2, -0.15) is 5.26 Å². The lowest BCUT2D eigenvalue weighted by atomic mass is 9.85. The van der Waals surface area contributed by atoms with Crippen molar-refractivity contribution in [3.05, 3.63) is 52.4 Å². The summed E-state index contributed by atoms with van der Waals surface area (Å²) in [4.78, 5) is 13.0. The lowest BCUT2D eigenvalue weighted by Gasteiger charge is -2.33. The molecule has 0 fully saturated rings. The van der Waals surface area contributed by atoms with Crippen molar-refractivity contribution in [2.75, 3.05) is 0 Å². The Kier molecular flexibility index (Phi) is 6.03.